The van der Waals surface area contributed by atoms with Crippen molar-refractivity contribution >= 4 is 38.5 Å². The molecule has 0 bridgehead atoms. The van der Waals surface area contributed by atoms with Crippen LogP contribution in [0.5, 0.6) is 0 Å². The second-order valence-electron chi connectivity index (χ2n) is 3.87. The molecular formula is C12H15BrN2S. The third kappa shape index (κ3) is 2.80. The third-order valence-electron chi connectivity index (χ3n) is 2.49. The summed E-state index contributed by atoms with van der Waals surface area (Å²) in [5.41, 5.74) is 2.49. The molecule has 2 rings (SSSR count). The van der Waals surface area contributed by atoms with Crippen molar-refractivity contribution in [3.05, 3.63) is 28.2 Å². The molecule has 1 heterocycles. The Morgan fingerprint density at radius 1 is 1.56 bits per heavy atom. The number of aryl methyl sites for hydroxylation is 1. The zero-order chi connectivity index (χ0) is 11.5. The van der Waals surface area contributed by atoms with Gasteiger partial charge in [-0.1, -0.05) is 34.6 Å². The Kier molecular flexibility index (Phi) is 3.92. The summed E-state index contributed by atoms with van der Waals surface area (Å²) in [7, 11) is 0. The van der Waals surface area contributed by atoms with E-state index in [-0.39, 0.29) is 0 Å². The SMILES string of the molecule is CCc1cc(Br)ccc1NC1=NC(C)CS1. The highest BCUT2D eigenvalue weighted by atomic mass is 79.9. The van der Waals surface area contributed by atoms with Crippen LogP contribution in [0.3, 0.4) is 0 Å². The molecule has 0 aliphatic carbocycles. The molecule has 0 saturated heterocycles. The molecule has 1 aromatic rings. The van der Waals surface area contributed by atoms with Crippen LogP contribution >= 0.6 is 27.7 Å². The first kappa shape index (κ1) is 12.0. The summed E-state index contributed by atoms with van der Waals surface area (Å²) >= 11 is 5.29. The molecule has 1 aliphatic rings. The van der Waals surface area contributed by atoms with Crippen LogP contribution in [-0.4, -0.2) is 17.0 Å². The van der Waals surface area contributed by atoms with Gasteiger partial charge in [-0.2, -0.15) is 0 Å². The number of halogens is 1. The number of thioether (sulfide) groups is 1. The highest BCUT2D eigenvalue weighted by Gasteiger charge is 2.14. The van der Waals surface area contributed by atoms with Gasteiger partial charge in [0.2, 0.25) is 0 Å². The Hall–Kier alpha value is -0.480. The van der Waals surface area contributed by atoms with Crippen molar-refractivity contribution in [3.8, 4) is 0 Å². The highest BCUT2D eigenvalue weighted by Crippen LogP contribution is 2.25. The molecule has 1 aromatic carbocycles. The lowest BCUT2D eigenvalue weighted by Crippen LogP contribution is -2.07. The smallest absolute Gasteiger partial charge is 0.161 e. The largest absolute Gasteiger partial charge is 0.335 e. The Bertz CT molecular complexity index is 417. The van der Waals surface area contributed by atoms with Gasteiger partial charge >= 0.3 is 0 Å². The van der Waals surface area contributed by atoms with Gasteiger partial charge in [0.15, 0.2) is 5.17 Å². The van der Waals surface area contributed by atoms with Gasteiger partial charge in [-0.05, 0) is 37.1 Å². The number of aliphatic imine (C=N–C) groups is 1. The van der Waals surface area contributed by atoms with E-state index in [4.69, 9.17) is 0 Å². The summed E-state index contributed by atoms with van der Waals surface area (Å²) in [5, 5.41) is 4.46. The molecule has 1 unspecified atom stereocenters. The predicted octanol–water partition coefficient (Wildman–Crippen LogP) is 3.91. The normalized spacial score (nSPS) is 19.7. The van der Waals surface area contributed by atoms with E-state index in [2.05, 4.69) is 58.3 Å². The number of nitrogens with one attached hydrogen (secondary N) is 1. The van der Waals surface area contributed by atoms with Crippen molar-refractivity contribution in [3.63, 3.8) is 0 Å². The number of rotatable bonds is 2. The van der Waals surface area contributed by atoms with Crippen molar-refractivity contribution in [1.82, 2.24) is 0 Å². The van der Waals surface area contributed by atoms with E-state index >= 15 is 0 Å². The highest BCUT2D eigenvalue weighted by molar-refractivity contribution is 9.10. The van der Waals surface area contributed by atoms with Crippen molar-refractivity contribution in [2.75, 3.05) is 11.1 Å². The summed E-state index contributed by atoms with van der Waals surface area (Å²) in [6, 6.07) is 6.76. The lowest BCUT2D eigenvalue weighted by Gasteiger charge is -2.10. The molecule has 2 nitrogen and oxygen atoms in total. The second kappa shape index (κ2) is 5.23. The van der Waals surface area contributed by atoms with E-state index in [0.717, 1.165) is 21.8 Å². The van der Waals surface area contributed by atoms with Crippen LogP contribution in [0, 0.1) is 0 Å². The van der Waals surface area contributed by atoms with Crippen molar-refractivity contribution in [2.24, 2.45) is 4.99 Å². The zero-order valence-corrected chi connectivity index (χ0v) is 11.9. The lowest BCUT2D eigenvalue weighted by molar-refractivity contribution is 0.865. The van der Waals surface area contributed by atoms with E-state index in [9.17, 15) is 0 Å². The molecule has 0 fully saturated rings. The molecule has 1 N–H and O–H groups in total. The molecule has 1 aliphatic heterocycles. The average molecular weight is 299 g/mol. The second-order valence-corrected chi connectivity index (χ2v) is 5.80. The number of amidine groups is 1. The first-order valence-corrected chi connectivity index (χ1v) is 7.23. The minimum Gasteiger partial charge on any atom is -0.335 e. The lowest BCUT2D eigenvalue weighted by atomic mass is 10.1. The molecule has 0 saturated carbocycles. The molecule has 0 radical (unpaired) electrons. The summed E-state index contributed by atoms with van der Waals surface area (Å²) in [6.07, 6.45) is 1.02. The number of nitrogens with zero attached hydrogens (tertiary/aromatic N) is 1. The van der Waals surface area contributed by atoms with Crippen LogP contribution in [0.1, 0.15) is 19.4 Å². The first-order valence-electron chi connectivity index (χ1n) is 5.45. The van der Waals surface area contributed by atoms with Gasteiger partial charge in [0.25, 0.3) is 0 Å². The van der Waals surface area contributed by atoms with E-state index in [1.807, 2.05) is 0 Å². The molecule has 16 heavy (non-hydrogen) atoms. The van der Waals surface area contributed by atoms with Gasteiger partial charge in [0.05, 0.1) is 6.04 Å². The maximum atomic E-state index is 4.54. The van der Waals surface area contributed by atoms with Crippen molar-refractivity contribution in [2.45, 2.75) is 26.3 Å². The van der Waals surface area contributed by atoms with Gasteiger partial charge in [0, 0.05) is 15.9 Å². The van der Waals surface area contributed by atoms with Crippen LogP contribution < -0.4 is 5.32 Å². The van der Waals surface area contributed by atoms with Crippen molar-refractivity contribution < 1.29 is 0 Å². The zero-order valence-electron chi connectivity index (χ0n) is 9.46. The minimum absolute atomic E-state index is 0.438. The van der Waals surface area contributed by atoms with Crippen molar-refractivity contribution in [1.29, 1.82) is 0 Å². The van der Waals surface area contributed by atoms with Crippen LogP contribution in [0.15, 0.2) is 27.7 Å². The van der Waals surface area contributed by atoms with Crippen LogP contribution in [0.2, 0.25) is 0 Å². The fourth-order valence-electron chi connectivity index (χ4n) is 1.63. The van der Waals surface area contributed by atoms with Crippen LogP contribution in [-0.2, 0) is 6.42 Å². The molecule has 1 atom stereocenters. The van der Waals surface area contributed by atoms with Gasteiger partial charge < -0.3 is 5.32 Å². The van der Waals surface area contributed by atoms with Gasteiger partial charge in [0.1, 0.15) is 0 Å². The maximum Gasteiger partial charge on any atom is 0.161 e. The van der Waals surface area contributed by atoms with E-state index in [1.165, 1.54) is 11.3 Å². The molecule has 0 amide bonds. The Morgan fingerprint density at radius 3 is 3.00 bits per heavy atom. The fraction of sp³-hybridized carbons (Fsp3) is 0.417. The number of benzene rings is 1. The molecule has 0 spiro atoms. The summed E-state index contributed by atoms with van der Waals surface area (Å²) in [4.78, 5) is 4.54. The quantitative estimate of drug-likeness (QED) is 0.895. The standard InChI is InChI=1S/C12H15BrN2S/c1-3-9-6-10(13)4-5-11(9)15-12-14-8(2)7-16-12/h4-6,8H,3,7H2,1-2H3,(H,14,15). The summed E-state index contributed by atoms with van der Waals surface area (Å²) in [6.45, 7) is 4.31. The molecular weight excluding hydrogens is 284 g/mol. The van der Waals surface area contributed by atoms with Gasteiger partial charge in [-0.3, -0.25) is 4.99 Å². The van der Waals surface area contributed by atoms with Crippen LogP contribution in [0.4, 0.5) is 5.69 Å². The Balaban J connectivity index is 2.18. The average Bonchev–Trinajstić information content (AvgIpc) is 2.67. The van der Waals surface area contributed by atoms with Crippen LogP contribution in [0.25, 0.3) is 0 Å². The Morgan fingerprint density at radius 2 is 2.38 bits per heavy atom. The predicted molar refractivity (Wildman–Crippen MR) is 76.5 cm³/mol. The monoisotopic (exact) mass is 298 g/mol. The van der Waals surface area contributed by atoms with E-state index in [0.29, 0.717) is 6.04 Å². The summed E-state index contributed by atoms with van der Waals surface area (Å²) in [5.74, 6) is 1.08. The van der Waals surface area contributed by atoms with Gasteiger partial charge in [-0.25, -0.2) is 0 Å². The molecule has 4 heteroatoms. The van der Waals surface area contributed by atoms with Gasteiger partial charge in [-0.15, -0.1) is 0 Å². The minimum atomic E-state index is 0.438. The maximum absolute atomic E-state index is 4.54. The topological polar surface area (TPSA) is 24.4 Å². The molecule has 86 valence electrons. The fourth-order valence-corrected chi connectivity index (χ4v) is 2.95. The number of hydrogen-bond acceptors (Lipinski definition) is 3. The number of hydrogen-bond donors (Lipinski definition) is 1. The summed E-state index contributed by atoms with van der Waals surface area (Å²) < 4.78 is 1.13. The van der Waals surface area contributed by atoms with E-state index in [1.54, 1.807) is 11.8 Å². The Labute approximate surface area is 109 Å². The molecule has 0 aromatic heterocycles. The van der Waals surface area contributed by atoms with E-state index < -0.39 is 0 Å². The first-order chi connectivity index (χ1) is 7.69. The third-order valence-corrected chi connectivity index (χ3v) is 4.11. The number of anilines is 1.